The van der Waals surface area contributed by atoms with Crippen LogP contribution in [0.1, 0.15) is 43.9 Å². The van der Waals surface area contributed by atoms with Gasteiger partial charge in [-0.05, 0) is 37.1 Å². The Balaban J connectivity index is 1.41. The summed E-state index contributed by atoms with van der Waals surface area (Å²) in [6, 6.07) is 10.7. The van der Waals surface area contributed by atoms with Crippen molar-refractivity contribution in [2.24, 2.45) is 0 Å². The topological polar surface area (TPSA) is 110 Å². The van der Waals surface area contributed by atoms with Crippen LogP contribution in [0, 0.1) is 10.1 Å². The van der Waals surface area contributed by atoms with Crippen molar-refractivity contribution in [1.82, 2.24) is 4.90 Å². The van der Waals surface area contributed by atoms with E-state index in [1.807, 2.05) is 4.90 Å². The van der Waals surface area contributed by atoms with Gasteiger partial charge >= 0.3 is 5.97 Å². The van der Waals surface area contributed by atoms with Gasteiger partial charge in [-0.2, -0.15) is 0 Å². The summed E-state index contributed by atoms with van der Waals surface area (Å²) in [4.78, 5) is 50.9. The first-order valence-corrected chi connectivity index (χ1v) is 9.63. The molecule has 2 aliphatic rings. The summed E-state index contributed by atoms with van der Waals surface area (Å²) >= 11 is 0. The zero-order valence-electron chi connectivity index (χ0n) is 16.1. The Morgan fingerprint density at radius 3 is 2.27 bits per heavy atom. The van der Waals surface area contributed by atoms with Gasteiger partial charge in [0.2, 0.25) is 0 Å². The first kappa shape index (κ1) is 19.6. The maximum atomic E-state index is 12.4. The van der Waals surface area contributed by atoms with E-state index in [1.54, 1.807) is 30.3 Å². The van der Waals surface area contributed by atoms with Crippen molar-refractivity contribution in [3.05, 3.63) is 69.3 Å². The van der Waals surface area contributed by atoms with Gasteiger partial charge in [-0.15, -0.1) is 0 Å². The molecule has 9 nitrogen and oxygen atoms in total. The van der Waals surface area contributed by atoms with E-state index in [0.717, 1.165) is 30.8 Å². The van der Waals surface area contributed by atoms with Gasteiger partial charge < -0.3 is 9.64 Å². The molecule has 0 unspecified atom stereocenters. The van der Waals surface area contributed by atoms with Crippen molar-refractivity contribution >= 4 is 29.2 Å². The zero-order valence-corrected chi connectivity index (χ0v) is 16.1. The lowest BCUT2D eigenvalue weighted by molar-refractivity contribution is -0.384. The molecule has 2 amide bonds. The molecule has 0 spiro atoms. The highest BCUT2D eigenvalue weighted by atomic mass is 16.6. The van der Waals surface area contributed by atoms with Crippen LogP contribution in [-0.2, 0) is 4.74 Å². The molecule has 0 radical (unpaired) electrons. The van der Waals surface area contributed by atoms with Crippen LogP contribution in [0.15, 0.2) is 42.5 Å². The number of imide groups is 1. The van der Waals surface area contributed by atoms with Crippen LogP contribution >= 0.6 is 0 Å². The van der Waals surface area contributed by atoms with Crippen LogP contribution in [-0.4, -0.2) is 53.8 Å². The number of anilines is 1. The molecular weight excluding hydrogens is 390 g/mol. The Bertz CT molecular complexity index is 1010. The lowest BCUT2D eigenvalue weighted by atomic mass is 10.1. The van der Waals surface area contributed by atoms with Gasteiger partial charge in [0.25, 0.3) is 17.5 Å². The summed E-state index contributed by atoms with van der Waals surface area (Å²) in [5.74, 6) is -1.61. The number of nitrogens with zero attached hydrogens (tertiary/aromatic N) is 3. The SMILES string of the molecule is O=C(OCCN1C(=O)c2ccccc2C1=O)c1ccc(N2CCCC2)c([N+](=O)[O-])c1. The van der Waals surface area contributed by atoms with Gasteiger partial charge in [0.05, 0.1) is 28.2 Å². The number of amides is 2. The third-order valence-corrected chi connectivity index (χ3v) is 5.28. The van der Waals surface area contributed by atoms with E-state index in [1.165, 1.54) is 12.1 Å². The quantitative estimate of drug-likeness (QED) is 0.312. The minimum absolute atomic E-state index is 0.0482. The van der Waals surface area contributed by atoms with Crippen LogP contribution in [0.2, 0.25) is 0 Å². The summed E-state index contributed by atoms with van der Waals surface area (Å²) in [5, 5.41) is 11.5. The minimum atomic E-state index is -0.748. The van der Waals surface area contributed by atoms with Gasteiger partial charge in [0, 0.05) is 19.2 Å². The molecule has 0 N–H and O–H groups in total. The normalized spacial score (nSPS) is 15.5. The summed E-state index contributed by atoms with van der Waals surface area (Å²) in [5.41, 5.74) is 1.03. The zero-order chi connectivity index (χ0) is 21.3. The van der Waals surface area contributed by atoms with Crippen molar-refractivity contribution in [3.8, 4) is 0 Å². The smallest absolute Gasteiger partial charge is 0.338 e. The van der Waals surface area contributed by atoms with Gasteiger partial charge in [-0.3, -0.25) is 24.6 Å². The highest BCUT2D eigenvalue weighted by molar-refractivity contribution is 6.21. The first-order chi connectivity index (χ1) is 14.5. The largest absolute Gasteiger partial charge is 0.460 e. The predicted molar refractivity (Wildman–Crippen MR) is 107 cm³/mol. The lowest BCUT2D eigenvalue weighted by Crippen LogP contribution is -2.33. The molecule has 1 saturated heterocycles. The average molecular weight is 409 g/mol. The lowest BCUT2D eigenvalue weighted by Gasteiger charge is -2.18. The molecule has 154 valence electrons. The molecule has 0 aromatic heterocycles. The summed E-state index contributed by atoms with van der Waals surface area (Å²) < 4.78 is 5.16. The summed E-state index contributed by atoms with van der Waals surface area (Å²) in [6.07, 6.45) is 1.94. The van der Waals surface area contributed by atoms with E-state index in [9.17, 15) is 24.5 Å². The number of rotatable bonds is 6. The minimum Gasteiger partial charge on any atom is -0.460 e. The highest BCUT2D eigenvalue weighted by Gasteiger charge is 2.35. The van der Waals surface area contributed by atoms with E-state index in [0.29, 0.717) is 16.8 Å². The molecular formula is C21H19N3O6. The maximum absolute atomic E-state index is 12.4. The highest BCUT2D eigenvalue weighted by Crippen LogP contribution is 2.32. The molecule has 4 rings (SSSR count). The molecule has 2 aromatic carbocycles. The number of ether oxygens (including phenoxy) is 1. The molecule has 2 aromatic rings. The fourth-order valence-electron chi connectivity index (χ4n) is 3.78. The Morgan fingerprint density at radius 1 is 1.03 bits per heavy atom. The fourth-order valence-corrected chi connectivity index (χ4v) is 3.78. The van der Waals surface area contributed by atoms with Gasteiger partial charge in [0.15, 0.2) is 0 Å². The molecule has 0 saturated carbocycles. The van der Waals surface area contributed by atoms with Crippen LogP contribution in [0.3, 0.4) is 0 Å². The van der Waals surface area contributed by atoms with Crippen molar-refractivity contribution in [2.45, 2.75) is 12.8 Å². The van der Waals surface area contributed by atoms with Crippen molar-refractivity contribution in [2.75, 3.05) is 31.1 Å². The van der Waals surface area contributed by atoms with Gasteiger partial charge in [0.1, 0.15) is 12.3 Å². The number of nitro benzene ring substituents is 1. The second kappa shape index (κ2) is 7.94. The van der Waals surface area contributed by atoms with E-state index in [-0.39, 0.29) is 24.4 Å². The second-order valence-corrected chi connectivity index (χ2v) is 7.10. The number of hydrogen-bond donors (Lipinski definition) is 0. The predicted octanol–water partition coefficient (Wildman–Crippen LogP) is 2.65. The molecule has 0 atom stereocenters. The van der Waals surface area contributed by atoms with Crippen LogP contribution in [0.4, 0.5) is 11.4 Å². The number of esters is 1. The van der Waals surface area contributed by atoms with Crippen molar-refractivity contribution < 1.29 is 24.0 Å². The molecule has 0 aliphatic carbocycles. The summed E-state index contributed by atoms with van der Waals surface area (Å²) in [7, 11) is 0. The Labute approximate surface area is 172 Å². The van der Waals surface area contributed by atoms with Gasteiger partial charge in [-0.1, -0.05) is 12.1 Å². The van der Waals surface area contributed by atoms with Crippen LogP contribution in [0.5, 0.6) is 0 Å². The first-order valence-electron chi connectivity index (χ1n) is 9.63. The standard InChI is InChI=1S/C21H19N3O6/c25-19-15-5-1-2-6-16(15)20(26)23(19)11-12-30-21(27)14-7-8-17(18(13-14)24(28)29)22-9-3-4-10-22/h1-2,5-8,13H,3-4,9-12H2. The average Bonchev–Trinajstić information content (AvgIpc) is 3.37. The van der Waals surface area contributed by atoms with Crippen LogP contribution in [0.25, 0.3) is 0 Å². The molecule has 1 fully saturated rings. The van der Waals surface area contributed by atoms with Crippen LogP contribution < -0.4 is 4.90 Å². The third kappa shape index (κ3) is 3.49. The van der Waals surface area contributed by atoms with E-state index in [4.69, 9.17) is 4.74 Å². The number of carbonyl (C=O) groups is 3. The number of carbonyl (C=O) groups excluding carboxylic acids is 3. The van der Waals surface area contributed by atoms with Crippen molar-refractivity contribution in [1.29, 1.82) is 0 Å². The molecule has 9 heteroatoms. The second-order valence-electron chi connectivity index (χ2n) is 7.10. The molecule has 2 heterocycles. The molecule has 0 bridgehead atoms. The van der Waals surface area contributed by atoms with Crippen molar-refractivity contribution in [3.63, 3.8) is 0 Å². The Morgan fingerprint density at radius 2 is 1.67 bits per heavy atom. The monoisotopic (exact) mass is 409 g/mol. The number of fused-ring (bicyclic) bond motifs is 1. The van der Waals surface area contributed by atoms with E-state index in [2.05, 4.69) is 0 Å². The van der Waals surface area contributed by atoms with E-state index >= 15 is 0 Å². The third-order valence-electron chi connectivity index (χ3n) is 5.28. The molecule has 2 aliphatic heterocycles. The van der Waals surface area contributed by atoms with E-state index < -0.39 is 22.7 Å². The number of nitro groups is 1. The Hall–Kier alpha value is -3.75. The number of hydrogen-bond acceptors (Lipinski definition) is 7. The Kier molecular flexibility index (Phi) is 5.18. The molecule has 30 heavy (non-hydrogen) atoms. The number of benzene rings is 2. The maximum Gasteiger partial charge on any atom is 0.338 e. The summed E-state index contributed by atoms with van der Waals surface area (Å²) in [6.45, 7) is 1.19. The fraction of sp³-hybridized carbons (Fsp3) is 0.286. The van der Waals surface area contributed by atoms with Gasteiger partial charge in [-0.25, -0.2) is 4.79 Å².